The zero-order chi connectivity index (χ0) is 14.5. The van der Waals surface area contributed by atoms with E-state index >= 15 is 0 Å². The molecule has 0 saturated heterocycles. The number of rotatable bonds is 6. The highest BCUT2D eigenvalue weighted by Gasteiger charge is 2.27. The topological polar surface area (TPSA) is 52.5 Å². The van der Waals surface area contributed by atoms with Gasteiger partial charge in [0.1, 0.15) is 0 Å². The highest BCUT2D eigenvalue weighted by molar-refractivity contribution is 7.17. The first-order valence-electron chi connectivity index (χ1n) is 7.62. The summed E-state index contributed by atoms with van der Waals surface area (Å²) >= 11 is 0. The van der Waals surface area contributed by atoms with Crippen LogP contribution in [0.3, 0.4) is 0 Å². The molecule has 0 bridgehead atoms. The van der Waals surface area contributed by atoms with Gasteiger partial charge in [0, 0.05) is 5.56 Å². The molecule has 0 amide bonds. The van der Waals surface area contributed by atoms with Crippen LogP contribution in [-0.2, 0) is 12.8 Å². The Morgan fingerprint density at radius 3 is 2.80 bits per heavy atom. The van der Waals surface area contributed by atoms with Crippen LogP contribution in [0.25, 0.3) is 0 Å². The van der Waals surface area contributed by atoms with E-state index in [1.165, 1.54) is 24.8 Å². The van der Waals surface area contributed by atoms with E-state index < -0.39 is 0 Å². The Kier molecular flexibility index (Phi) is 5.68. The molecule has 1 aromatic rings. The first-order valence-corrected chi connectivity index (χ1v) is 8.29. The monoisotopic (exact) mass is 295 g/mol. The molecule has 112 valence electrons. The first-order chi connectivity index (χ1) is 9.63. The predicted molar refractivity (Wildman–Crippen MR) is 86.6 cm³/mol. The van der Waals surface area contributed by atoms with Crippen molar-refractivity contribution in [2.75, 3.05) is 13.1 Å². The lowest BCUT2D eigenvalue weighted by molar-refractivity contribution is 0.376. The first kappa shape index (κ1) is 15.6. The van der Waals surface area contributed by atoms with Crippen LogP contribution in [0.15, 0.2) is 12.1 Å². The Balaban J connectivity index is 1.94. The summed E-state index contributed by atoms with van der Waals surface area (Å²) in [6.45, 7) is 4.34. The summed E-state index contributed by atoms with van der Waals surface area (Å²) in [5, 5.41) is 23.1. The number of fused-ring (bicyclic) bond motifs is 1. The van der Waals surface area contributed by atoms with Crippen molar-refractivity contribution >= 4 is 9.24 Å². The second-order valence-corrected chi connectivity index (χ2v) is 6.65. The molecular weight excluding hydrogens is 269 g/mol. The minimum absolute atomic E-state index is 0.00863. The minimum Gasteiger partial charge on any atom is -0.504 e. The van der Waals surface area contributed by atoms with Gasteiger partial charge in [-0.1, -0.05) is 13.0 Å². The number of aromatic hydroxyl groups is 2. The van der Waals surface area contributed by atoms with Crippen LogP contribution in [0.5, 0.6) is 11.5 Å². The number of hydrogen-bond acceptors (Lipinski definition) is 3. The van der Waals surface area contributed by atoms with Gasteiger partial charge in [0.15, 0.2) is 11.5 Å². The zero-order valence-corrected chi connectivity index (χ0v) is 13.4. The van der Waals surface area contributed by atoms with E-state index in [0.29, 0.717) is 11.6 Å². The van der Waals surface area contributed by atoms with Gasteiger partial charge in [0.25, 0.3) is 0 Å². The standard InChI is InChI=1S/C16H26NO2P/c1-2-7-17-8-3-4-12-9-13-11(10-15(12)20)5-6-14(18)16(13)19/h5-6,12,15,17-19H,2-4,7-10,20H2,1H3. The van der Waals surface area contributed by atoms with E-state index in [-0.39, 0.29) is 11.5 Å². The van der Waals surface area contributed by atoms with Crippen LogP contribution in [-0.4, -0.2) is 29.0 Å². The molecule has 0 fully saturated rings. The van der Waals surface area contributed by atoms with Crippen molar-refractivity contribution in [1.29, 1.82) is 0 Å². The molecule has 2 rings (SSSR count). The number of phenolic OH excluding ortho intramolecular Hbond substituents is 2. The summed E-state index contributed by atoms with van der Waals surface area (Å²) in [5.74, 6) is 0.673. The minimum atomic E-state index is 0.00863. The summed E-state index contributed by atoms with van der Waals surface area (Å²) < 4.78 is 0. The van der Waals surface area contributed by atoms with Gasteiger partial charge < -0.3 is 15.5 Å². The van der Waals surface area contributed by atoms with Gasteiger partial charge in [-0.05, 0) is 68.4 Å². The molecule has 1 aromatic carbocycles. The number of benzene rings is 1. The second kappa shape index (κ2) is 7.28. The normalized spacial score (nSPS) is 21.7. The maximum absolute atomic E-state index is 10.0. The number of hydrogen-bond donors (Lipinski definition) is 3. The summed E-state index contributed by atoms with van der Waals surface area (Å²) in [4.78, 5) is 0. The Bertz CT molecular complexity index is 450. The lowest BCUT2D eigenvalue weighted by Crippen LogP contribution is -2.27. The van der Waals surface area contributed by atoms with Crippen molar-refractivity contribution in [3.05, 3.63) is 23.3 Å². The van der Waals surface area contributed by atoms with Gasteiger partial charge in [-0.2, -0.15) is 0 Å². The van der Waals surface area contributed by atoms with Crippen molar-refractivity contribution in [3.63, 3.8) is 0 Å². The van der Waals surface area contributed by atoms with E-state index in [0.717, 1.165) is 31.5 Å². The van der Waals surface area contributed by atoms with Gasteiger partial charge in [-0.3, -0.25) is 0 Å². The van der Waals surface area contributed by atoms with Crippen molar-refractivity contribution < 1.29 is 10.2 Å². The summed E-state index contributed by atoms with van der Waals surface area (Å²) in [6.07, 6.45) is 5.36. The number of phenols is 2. The molecule has 0 spiro atoms. The van der Waals surface area contributed by atoms with E-state index in [1.54, 1.807) is 6.07 Å². The van der Waals surface area contributed by atoms with Gasteiger partial charge in [-0.15, -0.1) is 9.24 Å². The fraction of sp³-hybridized carbons (Fsp3) is 0.625. The van der Waals surface area contributed by atoms with Crippen molar-refractivity contribution in [3.8, 4) is 11.5 Å². The maximum atomic E-state index is 10.0. The fourth-order valence-electron chi connectivity index (χ4n) is 3.03. The van der Waals surface area contributed by atoms with Crippen LogP contribution in [0, 0.1) is 5.92 Å². The molecule has 20 heavy (non-hydrogen) atoms. The Labute approximate surface area is 124 Å². The second-order valence-electron chi connectivity index (χ2n) is 5.80. The Hall–Kier alpha value is -0.790. The highest BCUT2D eigenvalue weighted by Crippen LogP contribution is 2.40. The molecule has 3 N–H and O–H groups in total. The summed E-state index contributed by atoms with van der Waals surface area (Å²) in [7, 11) is 2.96. The van der Waals surface area contributed by atoms with E-state index in [2.05, 4.69) is 21.5 Å². The van der Waals surface area contributed by atoms with Gasteiger partial charge >= 0.3 is 0 Å². The molecule has 3 unspecified atom stereocenters. The van der Waals surface area contributed by atoms with Gasteiger partial charge in [0.2, 0.25) is 0 Å². The molecule has 0 aliphatic heterocycles. The lowest BCUT2D eigenvalue weighted by atomic mass is 9.80. The zero-order valence-electron chi connectivity index (χ0n) is 12.2. The average molecular weight is 295 g/mol. The predicted octanol–water partition coefficient (Wildman–Crippen LogP) is 2.84. The fourth-order valence-corrected chi connectivity index (χ4v) is 3.61. The molecule has 0 aromatic heterocycles. The lowest BCUT2D eigenvalue weighted by Gasteiger charge is -2.31. The van der Waals surface area contributed by atoms with E-state index in [9.17, 15) is 10.2 Å². The smallest absolute Gasteiger partial charge is 0.160 e. The van der Waals surface area contributed by atoms with Crippen LogP contribution in [0.4, 0.5) is 0 Å². The quantitative estimate of drug-likeness (QED) is 0.430. The van der Waals surface area contributed by atoms with Gasteiger partial charge in [0.05, 0.1) is 0 Å². The van der Waals surface area contributed by atoms with Gasteiger partial charge in [-0.25, -0.2) is 0 Å². The van der Waals surface area contributed by atoms with Crippen LogP contribution >= 0.6 is 9.24 Å². The van der Waals surface area contributed by atoms with Crippen molar-refractivity contribution in [2.24, 2.45) is 5.92 Å². The molecule has 0 saturated carbocycles. The third-order valence-electron chi connectivity index (χ3n) is 4.24. The SMILES string of the molecule is CCCNCCCC1Cc2c(ccc(O)c2O)CC1P. The third-order valence-corrected chi connectivity index (χ3v) is 5.02. The Morgan fingerprint density at radius 1 is 1.25 bits per heavy atom. The van der Waals surface area contributed by atoms with E-state index in [4.69, 9.17) is 0 Å². The van der Waals surface area contributed by atoms with E-state index in [1.807, 2.05) is 6.07 Å². The van der Waals surface area contributed by atoms with Crippen molar-refractivity contribution in [2.45, 2.75) is 44.7 Å². The average Bonchev–Trinajstić information content (AvgIpc) is 2.44. The largest absolute Gasteiger partial charge is 0.504 e. The van der Waals surface area contributed by atoms with Crippen LogP contribution in [0.2, 0.25) is 0 Å². The Morgan fingerprint density at radius 2 is 2.05 bits per heavy atom. The van der Waals surface area contributed by atoms with Crippen molar-refractivity contribution in [1.82, 2.24) is 5.32 Å². The molecule has 0 heterocycles. The highest BCUT2D eigenvalue weighted by atomic mass is 31.0. The maximum Gasteiger partial charge on any atom is 0.160 e. The summed E-state index contributed by atoms with van der Waals surface area (Å²) in [6, 6.07) is 3.54. The molecule has 3 nitrogen and oxygen atoms in total. The molecule has 1 aliphatic rings. The molecule has 0 radical (unpaired) electrons. The third kappa shape index (κ3) is 3.65. The molecule has 4 heteroatoms. The molecular formula is C16H26NO2P. The van der Waals surface area contributed by atoms with Crippen LogP contribution < -0.4 is 5.32 Å². The summed E-state index contributed by atoms with van der Waals surface area (Å²) in [5.41, 5.74) is 2.70. The molecule has 1 aliphatic carbocycles. The molecule has 3 atom stereocenters. The van der Waals surface area contributed by atoms with Crippen LogP contribution in [0.1, 0.15) is 37.3 Å². The number of nitrogens with one attached hydrogen (secondary N) is 1.